The molecular weight excluding hydrogens is 308 g/mol. The van der Waals surface area contributed by atoms with Crippen LogP contribution in [0.3, 0.4) is 0 Å². The van der Waals surface area contributed by atoms with Crippen LogP contribution < -0.4 is 4.90 Å². The maximum absolute atomic E-state index is 13.0. The van der Waals surface area contributed by atoms with Crippen LogP contribution in [0.2, 0.25) is 0 Å². The lowest BCUT2D eigenvalue weighted by atomic mass is 9.57. The van der Waals surface area contributed by atoms with Gasteiger partial charge in [0.15, 0.2) is 0 Å². The molecule has 0 unspecified atom stereocenters. The third-order valence-corrected chi connectivity index (χ3v) is 8.80. The lowest BCUT2D eigenvalue weighted by molar-refractivity contribution is -0.118. The van der Waals surface area contributed by atoms with Crippen LogP contribution in [-0.2, 0) is 10.2 Å². The normalized spacial score (nSPS) is 48.6. The van der Waals surface area contributed by atoms with Gasteiger partial charge in [0.1, 0.15) is 0 Å². The lowest BCUT2D eigenvalue weighted by Gasteiger charge is -2.53. The van der Waals surface area contributed by atoms with Crippen LogP contribution in [0.15, 0.2) is 36.4 Å². The molecule has 0 N–H and O–H groups in total. The van der Waals surface area contributed by atoms with Gasteiger partial charge in [-0.25, -0.2) is 0 Å². The zero-order valence-corrected chi connectivity index (χ0v) is 15.3. The van der Waals surface area contributed by atoms with Crippen molar-refractivity contribution >= 4 is 11.6 Å². The highest BCUT2D eigenvalue weighted by atomic mass is 16.2. The van der Waals surface area contributed by atoms with E-state index in [1.54, 1.807) is 6.92 Å². The molecule has 1 aromatic carbocycles. The maximum atomic E-state index is 13.0. The largest absolute Gasteiger partial charge is 0.305 e. The number of hydrogen-bond donors (Lipinski definition) is 0. The van der Waals surface area contributed by atoms with E-state index in [4.69, 9.17) is 0 Å². The summed E-state index contributed by atoms with van der Waals surface area (Å²) < 4.78 is 0. The molecule has 130 valence electrons. The lowest BCUT2D eigenvalue weighted by Crippen LogP contribution is -2.65. The molecule has 2 bridgehead atoms. The van der Waals surface area contributed by atoms with Crippen LogP contribution in [0.4, 0.5) is 5.69 Å². The summed E-state index contributed by atoms with van der Waals surface area (Å²) in [7, 11) is 0. The summed E-state index contributed by atoms with van der Waals surface area (Å²) in [5.74, 6) is 1.24. The summed E-state index contributed by atoms with van der Waals surface area (Å²) in [6.07, 6.45) is 7.36. The Morgan fingerprint density at radius 2 is 2.04 bits per heavy atom. The van der Waals surface area contributed by atoms with Crippen LogP contribution in [0.5, 0.6) is 0 Å². The van der Waals surface area contributed by atoms with Gasteiger partial charge < -0.3 is 4.90 Å². The number of carbonyl (C=O) groups excluding carboxylic acids is 1. The first-order chi connectivity index (χ1) is 12.0. The Morgan fingerprint density at radius 3 is 2.84 bits per heavy atom. The third-order valence-electron chi connectivity index (χ3n) is 8.80. The minimum Gasteiger partial charge on any atom is -0.305 e. The van der Waals surface area contributed by atoms with Gasteiger partial charge in [0, 0.05) is 36.0 Å². The molecule has 3 aliphatic heterocycles. The van der Waals surface area contributed by atoms with E-state index in [0.29, 0.717) is 17.9 Å². The first kappa shape index (κ1) is 14.5. The highest BCUT2D eigenvalue weighted by molar-refractivity contribution is 5.98. The van der Waals surface area contributed by atoms with Crippen LogP contribution in [0.25, 0.3) is 0 Å². The van der Waals surface area contributed by atoms with E-state index in [1.165, 1.54) is 24.1 Å². The van der Waals surface area contributed by atoms with E-state index in [1.807, 2.05) is 0 Å². The van der Waals surface area contributed by atoms with Crippen molar-refractivity contribution in [2.24, 2.45) is 17.3 Å². The molecule has 1 amide bonds. The molecule has 2 aliphatic carbocycles. The second-order valence-corrected chi connectivity index (χ2v) is 9.16. The number of hydrogen-bond acceptors (Lipinski definition) is 2. The first-order valence-corrected chi connectivity index (χ1v) is 9.84. The van der Waals surface area contributed by atoms with Gasteiger partial charge in [-0.3, -0.25) is 9.69 Å². The van der Waals surface area contributed by atoms with Crippen LogP contribution in [-0.4, -0.2) is 35.5 Å². The molecular formula is C22H26N2O. The molecule has 0 aromatic heterocycles. The van der Waals surface area contributed by atoms with E-state index in [0.717, 1.165) is 13.1 Å². The van der Waals surface area contributed by atoms with Crippen molar-refractivity contribution in [3.63, 3.8) is 0 Å². The van der Waals surface area contributed by atoms with Gasteiger partial charge in [0.05, 0.1) is 5.54 Å². The zero-order valence-electron chi connectivity index (χ0n) is 15.3. The van der Waals surface area contributed by atoms with Crippen molar-refractivity contribution in [3.05, 3.63) is 42.0 Å². The zero-order chi connectivity index (χ0) is 17.2. The molecule has 2 saturated carbocycles. The number of anilines is 1. The number of amides is 1. The molecule has 3 heterocycles. The molecule has 3 fully saturated rings. The number of carbonyl (C=O) groups is 1. The summed E-state index contributed by atoms with van der Waals surface area (Å²) in [6, 6.07) is 9.37. The van der Waals surface area contributed by atoms with Gasteiger partial charge >= 0.3 is 0 Å². The number of nitrogens with zero attached hydrogens (tertiary/aromatic N) is 2. The number of rotatable bonds is 0. The van der Waals surface area contributed by atoms with Crippen LogP contribution in [0.1, 0.15) is 39.2 Å². The predicted molar refractivity (Wildman–Crippen MR) is 98.5 cm³/mol. The van der Waals surface area contributed by atoms with Gasteiger partial charge in [-0.1, -0.05) is 44.2 Å². The SMILES string of the molecule is CC(=O)N1c2ccccc2[C@@]23CCN4CC=C[C@@]5(C[C@@H](C)[C@@]12[C@@H]5C)[C@H]43. The molecule has 5 aliphatic rings. The van der Waals surface area contributed by atoms with Crippen LogP contribution >= 0.6 is 0 Å². The Balaban J connectivity index is 1.77. The minimum atomic E-state index is -0.0589. The summed E-state index contributed by atoms with van der Waals surface area (Å²) in [5, 5.41) is 0. The topological polar surface area (TPSA) is 23.6 Å². The average Bonchev–Trinajstić information content (AvgIpc) is 3.22. The fourth-order valence-electron chi connectivity index (χ4n) is 8.68. The average molecular weight is 334 g/mol. The van der Waals surface area contributed by atoms with Crippen molar-refractivity contribution in [2.75, 3.05) is 18.0 Å². The van der Waals surface area contributed by atoms with Crippen molar-refractivity contribution in [1.29, 1.82) is 0 Å². The van der Waals surface area contributed by atoms with Crippen molar-refractivity contribution in [3.8, 4) is 0 Å². The molecule has 1 saturated heterocycles. The Hall–Kier alpha value is -1.61. The third kappa shape index (κ3) is 1.14. The van der Waals surface area contributed by atoms with E-state index in [-0.39, 0.29) is 22.3 Å². The summed E-state index contributed by atoms with van der Waals surface area (Å²) in [5.41, 5.74) is 2.93. The first-order valence-electron chi connectivity index (χ1n) is 9.84. The maximum Gasteiger partial charge on any atom is 0.224 e. The molecule has 0 radical (unpaired) electrons. The molecule has 25 heavy (non-hydrogen) atoms. The fraction of sp³-hybridized carbons (Fsp3) is 0.591. The van der Waals surface area contributed by atoms with Gasteiger partial charge in [-0.05, 0) is 42.9 Å². The second-order valence-electron chi connectivity index (χ2n) is 9.16. The number of para-hydroxylation sites is 1. The number of fused-ring (bicyclic) bond motifs is 1. The Kier molecular flexibility index (Phi) is 2.35. The predicted octanol–water partition coefficient (Wildman–Crippen LogP) is 3.35. The van der Waals surface area contributed by atoms with Gasteiger partial charge in [-0.15, -0.1) is 0 Å². The fourth-order valence-corrected chi connectivity index (χ4v) is 8.68. The van der Waals surface area contributed by atoms with E-state index < -0.39 is 0 Å². The quantitative estimate of drug-likeness (QED) is 0.679. The number of benzene rings is 1. The Morgan fingerprint density at radius 1 is 1.24 bits per heavy atom. The Bertz CT molecular complexity index is 846. The smallest absolute Gasteiger partial charge is 0.224 e. The summed E-state index contributed by atoms with van der Waals surface area (Å²) >= 11 is 0. The Labute approximate surface area is 149 Å². The monoisotopic (exact) mass is 334 g/mol. The molecule has 6 atom stereocenters. The van der Waals surface area contributed by atoms with Crippen molar-refractivity contribution < 1.29 is 4.79 Å². The standard InChI is InChI=1S/C22H26N2O/c1-14-13-20-9-6-11-23-12-10-21(19(20)23)17-7-4-5-8-18(17)24(16(3)25)22(14,21)15(20)2/h4-9,14-15,19H,10-13H2,1-3H3/t14-,15-,19+,20+,21-,22+/m1/s1. The molecule has 3 nitrogen and oxygen atoms in total. The van der Waals surface area contributed by atoms with E-state index in [2.05, 4.69) is 60.1 Å². The van der Waals surface area contributed by atoms with Crippen LogP contribution in [0, 0.1) is 17.3 Å². The van der Waals surface area contributed by atoms with Gasteiger partial charge in [0.25, 0.3) is 0 Å². The van der Waals surface area contributed by atoms with E-state index >= 15 is 0 Å². The highest BCUT2D eigenvalue weighted by Crippen LogP contribution is 2.80. The molecule has 1 aromatic rings. The molecule has 3 spiro atoms. The summed E-state index contributed by atoms with van der Waals surface area (Å²) in [6.45, 7) is 8.88. The van der Waals surface area contributed by atoms with Gasteiger partial charge in [-0.2, -0.15) is 0 Å². The highest BCUT2D eigenvalue weighted by Gasteiger charge is 2.86. The van der Waals surface area contributed by atoms with Crippen molar-refractivity contribution in [2.45, 2.75) is 50.6 Å². The van der Waals surface area contributed by atoms with Crippen molar-refractivity contribution in [1.82, 2.24) is 4.90 Å². The molecule has 6 rings (SSSR count). The summed E-state index contributed by atoms with van der Waals surface area (Å²) in [4.78, 5) is 18.0. The second kappa shape index (κ2) is 4.03. The van der Waals surface area contributed by atoms with E-state index in [9.17, 15) is 4.79 Å². The molecule has 3 heteroatoms. The minimum absolute atomic E-state index is 0.0589. The van der Waals surface area contributed by atoms with Gasteiger partial charge in [0.2, 0.25) is 5.91 Å².